The normalized spacial score (nSPS) is 22.2. The van der Waals surface area contributed by atoms with Gasteiger partial charge in [0.1, 0.15) is 5.60 Å². The maximum Gasteiger partial charge on any atom is 0.255 e. The molecule has 1 aliphatic heterocycles. The lowest BCUT2D eigenvalue weighted by Gasteiger charge is -2.34. The number of amides is 1. The molecule has 1 atom stereocenters. The van der Waals surface area contributed by atoms with Gasteiger partial charge in [-0.2, -0.15) is 0 Å². The van der Waals surface area contributed by atoms with Gasteiger partial charge < -0.3 is 15.4 Å². The zero-order valence-electron chi connectivity index (χ0n) is 12.6. The Labute approximate surface area is 120 Å². The molecule has 1 amide bonds. The second-order valence-electron chi connectivity index (χ2n) is 5.95. The van der Waals surface area contributed by atoms with Gasteiger partial charge in [0, 0.05) is 24.9 Å². The molecule has 2 rings (SSSR count). The van der Waals surface area contributed by atoms with Crippen LogP contribution in [0.2, 0.25) is 0 Å². The smallest absolute Gasteiger partial charge is 0.255 e. The molecular formula is C16H24N2O2. The van der Waals surface area contributed by atoms with E-state index in [0.29, 0.717) is 13.2 Å². The van der Waals surface area contributed by atoms with Crippen LogP contribution < -0.4 is 5.73 Å². The number of benzene rings is 1. The van der Waals surface area contributed by atoms with Crippen molar-refractivity contribution in [1.82, 2.24) is 4.90 Å². The number of nitrogens with two attached hydrogens (primary N) is 1. The quantitative estimate of drug-likeness (QED) is 0.860. The third kappa shape index (κ3) is 3.12. The van der Waals surface area contributed by atoms with E-state index in [1.54, 1.807) is 0 Å². The van der Waals surface area contributed by atoms with Crippen molar-refractivity contribution >= 4 is 11.6 Å². The summed E-state index contributed by atoms with van der Waals surface area (Å²) in [6.07, 6.45) is 1.75. The SMILES string of the molecule is CC(C)N(Cc1cccc(N)c1)C(=O)C1(C)CCCO1. The molecular weight excluding hydrogens is 252 g/mol. The largest absolute Gasteiger partial charge is 0.399 e. The number of hydrogen-bond acceptors (Lipinski definition) is 3. The van der Waals surface area contributed by atoms with Gasteiger partial charge >= 0.3 is 0 Å². The fourth-order valence-electron chi connectivity index (χ4n) is 2.63. The molecule has 4 nitrogen and oxygen atoms in total. The third-order valence-corrected chi connectivity index (χ3v) is 3.86. The number of anilines is 1. The molecule has 0 radical (unpaired) electrons. The van der Waals surface area contributed by atoms with Crippen molar-refractivity contribution < 1.29 is 9.53 Å². The number of carbonyl (C=O) groups excluding carboxylic acids is 1. The molecule has 1 heterocycles. The van der Waals surface area contributed by atoms with Gasteiger partial charge in [-0.3, -0.25) is 4.79 Å². The van der Waals surface area contributed by atoms with Gasteiger partial charge in [-0.15, -0.1) is 0 Å². The Kier molecular flexibility index (Phi) is 4.33. The third-order valence-electron chi connectivity index (χ3n) is 3.86. The molecule has 110 valence electrons. The predicted octanol–water partition coefficient (Wildman–Crippen LogP) is 2.57. The van der Waals surface area contributed by atoms with E-state index < -0.39 is 5.60 Å². The average molecular weight is 276 g/mol. The molecule has 2 N–H and O–H groups in total. The van der Waals surface area contributed by atoms with Gasteiger partial charge in [-0.05, 0) is 51.3 Å². The van der Waals surface area contributed by atoms with E-state index in [4.69, 9.17) is 10.5 Å². The van der Waals surface area contributed by atoms with Gasteiger partial charge in [0.2, 0.25) is 0 Å². The fraction of sp³-hybridized carbons (Fsp3) is 0.562. The zero-order chi connectivity index (χ0) is 14.8. The maximum absolute atomic E-state index is 12.8. The molecule has 0 saturated carbocycles. The summed E-state index contributed by atoms with van der Waals surface area (Å²) in [6.45, 7) is 7.20. The summed E-state index contributed by atoms with van der Waals surface area (Å²) in [5.41, 5.74) is 6.92. The summed E-state index contributed by atoms with van der Waals surface area (Å²) in [7, 11) is 0. The Bertz CT molecular complexity index is 479. The number of nitrogens with zero attached hydrogens (tertiary/aromatic N) is 1. The summed E-state index contributed by atoms with van der Waals surface area (Å²) in [6, 6.07) is 7.82. The lowest BCUT2D eigenvalue weighted by Crippen LogP contribution is -2.49. The van der Waals surface area contributed by atoms with Crippen LogP contribution in [0.3, 0.4) is 0 Å². The lowest BCUT2D eigenvalue weighted by molar-refractivity contribution is -0.153. The molecule has 0 aliphatic carbocycles. The van der Waals surface area contributed by atoms with Crippen LogP contribution in [0.25, 0.3) is 0 Å². The molecule has 1 saturated heterocycles. The fourth-order valence-corrected chi connectivity index (χ4v) is 2.63. The van der Waals surface area contributed by atoms with Crippen LogP contribution in [0, 0.1) is 0 Å². The second-order valence-corrected chi connectivity index (χ2v) is 5.95. The Morgan fingerprint density at radius 3 is 2.80 bits per heavy atom. The van der Waals surface area contributed by atoms with Crippen LogP contribution in [0.15, 0.2) is 24.3 Å². The monoisotopic (exact) mass is 276 g/mol. The van der Waals surface area contributed by atoms with Crippen molar-refractivity contribution in [3.05, 3.63) is 29.8 Å². The van der Waals surface area contributed by atoms with Crippen molar-refractivity contribution in [2.45, 2.75) is 51.8 Å². The molecule has 20 heavy (non-hydrogen) atoms. The minimum absolute atomic E-state index is 0.0763. The Morgan fingerprint density at radius 1 is 1.50 bits per heavy atom. The first-order valence-corrected chi connectivity index (χ1v) is 7.22. The molecule has 0 bridgehead atoms. The van der Waals surface area contributed by atoms with E-state index in [9.17, 15) is 4.79 Å². The van der Waals surface area contributed by atoms with E-state index in [-0.39, 0.29) is 11.9 Å². The highest BCUT2D eigenvalue weighted by atomic mass is 16.5. The predicted molar refractivity (Wildman–Crippen MR) is 80.1 cm³/mol. The number of carbonyl (C=O) groups is 1. The van der Waals surface area contributed by atoms with Crippen LogP contribution in [0.1, 0.15) is 39.2 Å². The number of rotatable bonds is 4. The highest BCUT2D eigenvalue weighted by Gasteiger charge is 2.41. The topological polar surface area (TPSA) is 55.6 Å². The molecule has 0 spiro atoms. The van der Waals surface area contributed by atoms with Gasteiger partial charge in [-0.1, -0.05) is 12.1 Å². The van der Waals surface area contributed by atoms with E-state index in [2.05, 4.69) is 0 Å². The van der Waals surface area contributed by atoms with Crippen molar-refractivity contribution in [2.24, 2.45) is 0 Å². The Hall–Kier alpha value is -1.55. The first-order valence-electron chi connectivity index (χ1n) is 7.22. The highest BCUT2D eigenvalue weighted by molar-refractivity contribution is 5.85. The number of hydrogen-bond donors (Lipinski definition) is 1. The standard InChI is InChI=1S/C16H24N2O2/c1-12(2)18(11-13-6-4-7-14(17)10-13)15(19)16(3)8-5-9-20-16/h4,6-7,10,12H,5,8-9,11,17H2,1-3H3. The molecule has 1 unspecified atom stereocenters. The van der Waals surface area contributed by atoms with Crippen LogP contribution in [0.4, 0.5) is 5.69 Å². The first kappa shape index (κ1) is 14.9. The Balaban J connectivity index is 2.17. The van der Waals surface area contributed by atoms with Gasteiger partial charge in [0.15, 0.2) is 0 Å². The summed E-state index contributed by atoms with van der Waals surface area (Å²) >= 11 is 0. The van der Waals surface area contributed by atoms with Crippen LogP contribution in [-0.4, -0.2) is 29.1 Å². The molecule has 0 aromatic heterocycles. The van der Waals surface area contributed by atoms with E-state index in [1.807, 2.05) is 49.9 Å². The first-order chi connectivity index (χ1) is 9.42. The zero-order valence-corrected chi connectivity index (χ0v) is 12.6. The maximum atomic E-state index is 12.8. The molecule has 1 aromatic rings. The minimum Gasteiger partial charge on any atom is -0.399 e. The molecule has 4 heteroatoms. The molecule has 1 aliphatic rings. The summed E-state index contributed by atoms with van der Waals surface area (Å²) in [5.74, 6) is 0.0763. The van der Waals surface area contributed by atoms with Gasteiger partial charge in [0.25, 0.3) is 5.91 Å². The summed E-state index contributed by atoms with van der Waals surface area (Å²) in [5, 5.41) is 0. The number of nitrogen functional groups attached to an aromatic ring is 1. The highest BCUT2D eigenvalue weighted by Crippen LogP contribution is 2.28. The molecule has 1 aromatic carbocycles. The van der Waals surface area contributed by atoms with Crippen molar-refractivity contribution in [3.8, 4) is 0 Å². The number of ether oxygens (including phenoxy) is 1. The van der Waals surface area contributed by atoms with E-state index in [0.717, 1.165) is 24.1 Å². The summed E-state index contributed by atoms with van der Waals surface area (Å²) < 4.78 is 5.68. The van der Waals surface area contributed by atoms with Crippen molar-refractivity contribution in [2.75, 3.05) is 12.3 Å². The van der Waals surface area contributed by atoms with Gasteiger partial charge in [-0.25, -0.2) is 0 Å². The lowest BCUT2D eigenvalue weighted by atomic mass is 9.99. The van der Waals surface area contributed by atoms with E-state index in [1.165, 1.54) is 0 Å². The summed E-state index contributed by atoms with van der Waals surface area (Å²) in [4.78, 5) is 14.6. The second kappa shape index (κ2) is 5.83. The van der Waals surface area contributed by atoms with Crippen LogP contribution in [-0.2, 0) is 16.1 Å². The van der Waals surface area contributed by atoms with Crippen LogP contribution >= 0.6 is 0 Å². The van der Waals surface area contributed by atoms with E-state index >= 15 is 0 Å². The Morgan fingerprint density at radius 2 is 2.25 bits per heavy atom. The van der Waals surface area contributed by atoms with Crippen molar-refractivity contribution in [1.29, 1.82) is 0 Å². The minimum atomic E-state index is -0.662. The molecule has 1 fully saturated rings. The van der Waals surface area contributed by atoms with Crippen molar-refractivity contribution in [3.63, 3.8) is 0 Å². The van der Waals surface area contributed by atoms with Crippen LogP contribution in [0.5, 0.6) is 0 Å². The average Bonchev–Trinajstić information content (AvgIpc) is 2.83. The van der Waals surface area contributed by atoms with Gasteiger partial charge in [0.05, 0.1) is 0 Å².